The van der Waals surface area contributed by atoms with Gasteiger partial charge in [-0.2, -0.15) is 13.2 Å². The first-order valence-corrected chi connectivity index (χ1v) is 6.48. The van der Waals surface area contributed by atoms with Crippen molar-refractivity contribution < 1.29 is 22.7 Å². The minimum absolute atomic E-state index is 0.218. The fraction of sp³-hybridized carbons (Fsp3) is 0.917. The monoisotopic (exact) mass is 282 g/mol. The average Bonchev–Trinajstić information content (AvgIpc) is 2.69. The lowest BCUT2D eigenvalue weighted by atomic mass is 9.99. The van der Waals surface area contributed by atoms with Crippen molar-refractivity contribution in [3.8, 4) is 0 Å². The molecule has 112 valence electrons. The molecule has 0 radical (unpaired) electrons. The molecule has 0 bridgehead atoms. The van der Waals surface area contributed by atoms with E-state index in [0.29, 0.717) is 12.8 Å². The van der Waals surface area contributed by atoms with Gasteiger partial charge in [0.1, 0.15) is 5.54 Å². The number of nitrogens with zero attached hydrogens (tertiary/aromatic N) is 1. The lowest BCUT2D eigenvalue weighted by molar-refractivity contribution is -0.152. The number of ether oxygens (including phenoxy) is 1. The van der Waals surface area contributed by atoms with E-state index in [4.69, 9.17) is 10.5 Å². The molecule has 1 saturated carbocycles. The quantitative estimate of drug-likeness (QED) is 0.780. The van der Waals surface area contributed by atoms with Crippen molar-refractivity contribution >= 4 is 5.97 Å². The van der Waals surface area contributed by atoms with Gasteiger partial charge in [-0.05, 0) is 32.7 Å². The number of hydrogen-bond donors (Lipinski definition) is 1. The van der Waals surface area contributed by atoms with Crippen LogP contribution in [0.4, 0.5) is 13.2 Å². The standard InChI is InChI=1S/C12H21F3N2O2/c1-3-17(8-12(13,14)15)9-5-6-11(16,7-9)10(18)19-4-2/h9H,3-8,16H2,1-2H3. The second-order valence-electron chi connectivity index (χ2n) is 4.95. The van der Waals surface area contributed by atoms with Gasteiger partial charge >= 0.3 is 12.1 Å². The molecule has 2 N–H and O–H groups in total. The Kier molecular flexibility index (Phi) is 5.20. The van der Waals surface area contributed by atoms with Crippen LogP contribution in [0.3, 0.4) is 0 Å². The molecule has 0 aromatic heterocycles. The summed E-state index contributed by atoms with van der Waals surface area (Å²) in [6, 6.07) is -0.318. The minimum atomic E-state index is -4.24. The third-order valence-electron chi connectivity index (χ3n) is 3.51. The van der Waals surface area contributed by atoms with Gasteiger partial charge in [-0.25, -0.2) is 0 Å². The van der Waals surface area contributed by atoms with E-state index in [0.717, 1.165) is 0 Å². The zero-order chi connectivity index (χ0) is 14.7. The molecule has 0 amide bonds. The molecule has 4 nitrogen and oxygen atoms in total. The number of nitrogens with two attached hydrogens (primary N) is 1. The van der Waals surface area contributed by atoms with Crippen molar-refractivity contribution in [2.75, 3.05) is 19.7 Å². The van der Waals surface area contributed by atoms with E-state index in [-0.39, 0.29) is 25.6 Å². The predicted octanol–water partition coefficient (Wildman–Crippen LogP) is 1.68. The maximum Gasteiger partial charge on any atom is 0.401 e. The van der Waals surface area contributed by atoms with Crippen molar-refractivity contribution in [3.63, 3.8) is 0 Å². The summed E-state index contributed by atoms with van der Waals surface area (Å²) in [7, 11) is 0. The van der Waals surface area contributed by atoms with Gasteiger partial charge in [0.25, 0.3) is 0 Å². The number of rotatable bonds is 5. The Bertz CT molecular complexity index is 323. The number of carbonyl (C=O) groups excluding carboxylic acids is 1. The molecule has 1 rings (SSSR count). The van der Waals surface area contributed by atoms with Gasteiger partial charge in [-0.1, -0.05) is 6.92 Å². The van der Waals surface area contributed by atoms with Gasteiger partial charge in [0.15, 0.2) is 0 Å². The van der Waals surface area contributed by atoms with Crippen LogP contribution in [0.15, 0.2) is 0 Å². The minimum Gasteiger partial charge on any atom is -0.465 e. The van der Waals surface area contributed by atoms with Crippen molar-refractivity contribution in [2.45, 2.75) is 50.9 Å². The lowest BCUT2D eigenvalue weighted by Gasteiger charge is -2.29. The van der Waals surface area contributed by atoms with Crippen LogP contribution in [0, 0.1) is 0 Å². The first-order valence-electron chi connectivity index (χ1n) is 6.48. The van der Waals surface area contributed by atoms with Crippen LogP contribution in [0.25, 0.3) is 0 Å². The Morgan fingerprint density at radius 1 is 1.47 bits per heavy atom. The maximum absolute atomic E-state index is 12.5. The highest BCUT2D eigenvalue weighted by atomic mass is 19.4. The number of carbonyl (C=O) groups is 1. The van der Waals surface area contributed by atoms with Gasteiger partial charge < -0.3 is 10.5 Å². The van der Waals surface area contributed by atoms with Gasteiger partial charge in [0, 0.05) is 6.04 Å². The highest BCUT2D eigenvalue weighted by Crippen LogP contribution is 2.33. The van der Waals surface area contributed by atoms with Crippen LogP contribution in [-0.4, -0.2) is 48.3 Å². The molecule has 0 aromatic carbocycles. The summed E-state index contributed by atoms with van der Waals surface area (Å²) in [5.74, 6) is -0.513. The zero-order valence-electron chi connectivity index (χ0n) is 11.3. The molecule has 1 aliphatic carbocycles. The van der Waals surface area contributed by atoms with E-state index >= 15 is 0 Å². The third-order valence-corrected chi connectivity index (χ3v) is 3.51. The van der Waals surface area contributed by atoms with Gasteiger partial charge in [-0.15, -0.1) is 0 Å². The molecule has 1 aliphatic rings. The molecule has 19 heavy (non-hydrogen) atoms. The topological polar surface area (TPSA) is 55.6 Å². The second kappa shape index (κ2) is 6.09. The molecule has 0 heterocycles. The Hall–Kier alpha value is -0.820. The second-order valence-corrected chi connectivity index (χ2v) is 4.95. The van der Waals surface area contributed by atoms with Crippen LogP contribution in [0.5, 0.6) is 0 Å². The largest absolute Gasteiger partial charge is 0.465 e. The van der Waals surface area contributed by atoms with Crippen LogP contribution in [-0.2, 0) is 9.53 Å². The van der Waals surface area contributed by atoms with E-state index < -0.39 is 24.2 Å². The van der Waals surface area contributed by atoms with Crippen LogP contribution in [0.1, 0.15) is 33.1 Å². The van der Waals surface area contributed by atoms with E-state index in [2.05, 4.69) is 0 Å². The van der Waals surface area contributed by atoms with E-state index in [1.165, 1.54) is 4.90 Å². The van der Waals surface area contributed by atoms with Crippen LogP contribution in [0.2, 0.25) is 0 Å². The molecule has 1 fully saturated rings. The molecule has 0 saturated heterocycles. The summed E-state index contributed by atoms with van der Waals surface area (Å²) in [5, 5.41) is 0. The molecule has 0 aromatic rings. The number of hydrogen-bond acceptors (Lipinski definition) is 4. The highest BCUT2D eigenvalue weighted by Gasteiger charge is 2.46. The van der Waals surface area contributed by atoms with Gasteiger partial charge in [0.2, 0.25) is 0 Å². The average molecular weight is 282 g/mol. The Morgan fingerprint density at radius 2 is 2.11 bits per heavy atom. The van der Waals surface area contributed by atoms with E-state index in [9.17, 15) is 18.0 Å². The van der Waals surface area contributed by atoms with Crippen molar-refractivity contribution in [3.05, 3.63) is 0 Å². The summed E-state index contributed by atoms with van der Waals surface area (Å²) in [6.45, 7) is 2.89. The Balaban J connectivity index is 2.65. The van der Waals surface area contributed by atoms with E-state index in [1.54, 1.807) is 13.8 Å². The molecule has 2 atom stereocenters. The number of esters is 1. The van der Waals surface area contributed by atoms with Crippen molar-refractivity contribution in [1.29, 1.82) is 0 Å². The molecule has 7 heteroatoms. The van der Waals surface area contributed by atoms with Crippen molar-refractivity contribution in [1.82, 2.24) is 4.90 Å². The zero-order valence-corrected chi connectivity index (χ0v) is 11.3. The molecule has 2 unspecified atom stereocenters. The number of halogens is 3. The Morgan fingerprint density at radius 3 is 2.58 bits per heavy atom. The summed E-state index contributed by atoms with van der Waals surface area (Å²) >= 11 is 0. The SMILES string of the molecule is CCOC(=O)C1(N)CCC(N(CC)CC(F)(F)F)C1. The van der Waals surface area contributed by atoms with Crippen LogP contribution >= 0.6 is 0 Å². The fourth-order valence-corrected chi connectivity index (χ4v) is 2.55. The molecule has 0 aliphatic heterocycles. The molecule has 0 spiro atoms. The third kappa shape index (κ3) is 4.35. The normalized spacial score (nSPS) is 27.8. The lowest BCUT2D eigenvalue weighted by Crippen LogP contribution is -2.49. The van der Waals surface area contributed by atoms with E-state index in [1.807, 2.05) is 0 Å². The first kappa shape index (κ1) is 16.2. The van der Waals surface area contributed by atoms with Gasteiger partial charge in [-0.3, -0.25) is 9.69 Å². The first-order chi connectivity index (χ1) is 8.72. The smallest absolute Gasteiger partial charge is 0.401 e. The van der Waals surface area contributed by atoms with Crippen molar-refractivity contribution in [2.24, 2.45) is 5.73 Å². The molecular weight excluding hydrogens is 261 g/mol. The highest BCUT2D eigenvalue weighted by molar-refractivity contribution is 5.81. The van der Waals surface area contributed by atoms with Gasteiger partial charge in [0.05, 0.1) is 13.2 Å². The maximum atomic E-state index is 12.5. The van der Waals surface area contributed by atoms with Crippen LogP contribution < -0.4 is 5.73 Å². The summed E-state index contributed by atoms with van der Waals surface area (Å²) < 4.78 is 42.2. The summed E-state index contributed by atoms with van der Waals surface area (Å²) in [6.07, 6.45) is -3.17. The summed E-state index contributed by atoms with van der Waals surface area (Å²) in [4.78, 5) is 13.0. The summed E-state index contributed by atoms with van der Waals surface area (Å²) in [5.41, 5.74) is 4.81. The predicted molar refractivity (Wildman–Crippen MR) is 64.5 cm³/mol. The number of alkyl halides is 3. The molecular formula is C12H21F3N2O2. The fourth-order valence-electron chi connectivity index (χ4n) is 2.55. The Labute approximate surface area is 111 Å².